The third-order valence-electron chi connectivity index (χ3n) is 4.25. The van der Waals surface area contributed by atoms with Gasteiger partial charge in [0.05, 0.1) is 25.2 Å². The van der Waals surface area contributed by atoms with E-state index in [4.69, 9.17) is 4.74 Å². The number of aromatic nitrogens is 2. The molecule has 0 spiro atoms. The monoisotopic (exact) mass is 341 g/mol. The SMILES string of the molecule is COC1=CC(c2ccc[nH]2)=N/C1=C\c1ccc(CCCCCCF)[nH]1. The summed E-state index contributed by atoms with van der Waals surface area (Å²) in [6.07, 6.45) is 10.6. The van der Waals surface area contributed by atoms with Crippen molar-refractivity contribution < 1.29 is 9.13 Å². The molecule has 3 rings (SSSR count). The van der Waals surface area contributed by atoms with Gasteiger partial charge in [-0.1, -0.05) is 12.8 Å². The number of alkyl halides is 1. The quantitative estimate of drug-likeness (QED) is 0.633. The molecule has 1 aliphatic heterocycles. The Hall–Kier alpha value is -2.56. The smallest absolute Gasteiger partial charge is 0.146 e. The van der Waals surface area contributed by atoms with Crippen LogP contribution in [0.15, 0.2) is 53.0 Å². The molecule has 0 saturated carbocycles. The molecule has 0 amide bonds. The summed E-state index contributed by atoms with van der Waals surface area (Å²) < 4.78 is 17.5. The molecule has 3 heterocycles. The minimum atomic E-state index is -0.208. The maximum absolute atomic E-state index is 12.1. The van der Waals surface area contributed by atoms with E-state index in [1.807, 2.05) is 30.5 Å². The number of H-pyrrole nitrogens is 2. The van der Waals surface area contributed by atoms with E-state index in [1.54, 1.807) is 7.11 Å². The number of halogens is 1. The van der Waals surface area contributed by atoms with Crippen molar-refractivity contribution in [2.75, 3.05) is 13.8 Å². The van der Waals surface area contributed by atoms with Crippen LogP contribution in [0.25, 0.3) is 6.08 Å². The van der Waals surface area contributed by atoms with Gasteiger partial charge < -0.3 is 14.7 Å². The number of aryl methyl sites for hydroxylation is 1. The molecule has 0 bridgehead atoms. The molecule has 2 N–H and O–H groups in total. The van der Waals surface area contributed by atoms with Crippen LogP contribution in [0.5, 0.6) is 0 Å². The number of nitrogens with one attached hydrogen (secondary N) is 2. The standard InChI is InChI=1S/C20H24FN3O/c1-25-20-14-18(17-8-6-12-22-17)24-19(20)13-16-10-9-15(23-16)7-4-2-3-5-11-21/h6,8-10,12-14,22-23H,2-5,7,11H2,1H3/b19-13-. The Bertz CT molecular complexity index is 769. The molecule has 0 fully saturated rings. The first-order chi connectivity index (χ1) is 12.3. The van der Waals surface area contributed by atoms with Crippen LogP contribution in [0.2, 0.25) is 0 Å². The van der Waals surface area contributed by atoms with Crippen molar-refractivity contribution in [2.45, 2.75) is 32.1 Å². The number of hydrogen-bond donors (Lipinski definition) is 2. The highest BCUT2D eigenvalue weighted by Gasteiger charge is 2.17. The highest BCUT2D eigenvalue weighted by Crippen LogP contribution is 2.24. The minimum Gasteiger partial charge on any atom is -0.494 e. The van der Waals surface area contributed by atoms with Gasteiger partial charge in [-0.25, -0.2) is 4.99 Å². The van der Waals surface area contributed by atoms with Crippen molar-refractivity contribution in [3.05, 3.63) is 65.1 Å². The number of aromatic amines is 2. The van der Waals surface area contributed by atoms with Crippen LogP contribution in [0, 0.1) is 0 Å². The van der Waals surface area contributed by atoms with E-state index in [1.165, 1.54) is 5.69 Å². The second kappa shape index (κ2) is 8.51. The van der Waals surface area contributed by atoms with Gasteiger partial charge in [-0.3, -0.25) is 4.39 Å². The van der Waals surface area contributed by atoms with Gasteiger partial charge in [-0.2, -0.15) is 0 Å². The van der Waals surface area contributed by atoms with E-state index in [0.29, 0.717) is 6.42 Å². The number of nitrogens with zero attached hydrogens (tertiary/aromatic N) is 1. The van der Waals surface area contributed by atoms with E-state index in [0.717, 1.165) is 54.2 Å². The average molecular weight is 341 g/mol. The maximum atomic E-state index is 12.1. The van der Waals surface area contributed by atoms with Crippen molar-refractivity contribution in [2.24, 2.45) is 4.99 Å². The molecule has 0 radical (unpaired) electrons. The Balaban J connectivity index is 1.65. The number of allylic oxidation sites excluding steroid dienone is 1. The Morgan fingerprint density at radius 2 is 2.04 bits per heavy atom. The van der Waals surface area contributed by atoms with E-state index in [9.17, 15) is 4.39 Å². The zero-order chi connectivity index (χ0) is 17.5. The second-order valence-electron chi connectivity index (χ2n) is 6.12. The van der Waals surface area contributed by atoms with Gasteiger partial charge in [0.15, 0.2) is 0 Å². The Morgan fingerprint density at radius 1 is 1.16 bits per heavy atom. The highest BCUT2D eigenvalue weighted by molar-refractivity contribution is 6.11. The summed E-state index contributed by atoms with van der Waals surface area (Å²) >= 11 is 0. The first-order valence-electron chi connectivity index (χ1n) is 8.74. The first-order valence-corrected chi connectivity index (χ1v) is 8.74. The molecular formula is C20H24FN3O. The molecule has 5 heteroatoms. The predicted octanol–water partition coefficient (Wildman–Crippen LogP) is 4.79. The number of rotatable bonds is 9. The van der Waals surface area contributed by atoms with Crippen molar-refractivity contribution in [1.82, 2.24) is 9.97 Å². The lowest BCUT2D eigenvalue weighted by Gasteiger charge is -2.01. The summed E-state index contributed by atoms with van der Waals surface area (Å²) in [6, 6.07) is 8.09. The molecular weight excluding hydrogens is 317 g/mol. The number of unbranched alkanes of at least 4 members (excludes halogenated alkanes) is 3. The van der Waals surface area contributed by atoms with Crippen LogP contribution >= 0.6 is 0 Å². The summed E-state index contributed by atoms with van der Waals surface area (Å²) in [5.74, 6) is 0.756. The van der Waals surface area contributed by atoms with Gasteiger partial charge >= 0.3 is 0 Å². The third kappa shape index (κ3) is 4.50. The largest absolute Gasteiger partial charge is 0.494 e. The molecule has 25 heavy (non-hydrogen) atoms. The molecule has 132 valence electrons. The lowest BCUT2D eigenvalue weighted by Crippen LogP contribution is -1.93. The van der Waals surface area contributed by atoms with Crippen LogP contribution in [-0.4, -0.2) is 29.5 Å². The highest BCUT2D eigenvalue weighted by atomic mass is 19.1. The molecule has 4 nitrogen and oxygen atoms in total. The molecule has 0 unspecified atom stereocenters. The van der Waals surface area contributed by atoms with Crippen molar-refractivity contribution >= 4 is 11.8 Å². The Labute approximate surface area is 147 Å². The van der Waals surface area contributed by atoms with Crippen LogP contribution in [0.4, 0.5) is 4.39 Å². The van der Waals surface area contributed by atoms with Gasteiger partial charge in [-0.05, 0) is 49.6 Å². The Kier molecular flexibility index (Phi) is 5.88. The first kappa shape index (κ1) is 17.3. The number of ether oxygens (including phenoxy) is 1. The van der Waals surface area contributed by atoms with Crippen LogP contribution in [0.1, 0.15) is 42.8 Å². The predicted molar refractivity (Wildman–Crippen MR) is 99.3 cm³/mol. The fourth-order valence-electron chi connectivity index (χ4n) is 2.91. The zero-order valence-electron chi connectivity index (χ0n) is 14.5. The van der Waals surface area contributed by atoms with E-state index >= 15 is 0 Å². The van der Waals surface area contributed by atoms with Gasteiger partial charge in [0.2, 0.25) is 0 Å². The molecule has 0 aromatic carbocycles. The fourth-order valence-corrected chi connectivity index (χ4v) is 2.91. The van der Waals surface area contributed by atoms with Crippen molar-refractivity contribution in [3.63, 3.8) is 0 Å². The van der Waals surface area contributed by atoms with E-state index in [2.05, 4.69) is 27.1 Å². The molecule has 2 aromatic heterocycles. The molecule has 0 aliphatic carbocycles. The van der Waals surface area contributed by atoms with Gasteiger partial charge in [0.1, 0.15) is 11.5 Å². The summed E-state index contributed by atoms with van der Waals surface area (Å²) in [4.78, 5) is 11.2. The van der Waals surface area contributed by atoms with Gasteiger partial charge in [0, 0.05) is 23.7 Å². The van der Waals surface area contributed by atoms with Gasteiger partial charge in [0.25, 0.3) is 0 Å². The lowest BCUT2D eigenvalue weighted by molar-refractivity contribution is 0.303. The topological polar surface area (TPSA) is 53.2 Å². The maximum Gasteiger partial charge on any atom is 0.146 e. The van der Waals surface area contributed by atoms with Crippen LogP contribution in [0.3, 0.4) is 0 Å². The summed E-state index contributed by atoms with van der Waals surface area (Å²) in [7, 11) is 1.66. The van der Waals surface area contributed by atoms with E-state index in [-0.39, 0.29) is 6.67 Å². The summed E-state index contributed by atoms with van der Waals surface area (Å²) in [5, 5.41) is 0. The number of hydrogen-bond acceptors (Lipinski definition) is 2. The molecule has 2 aromatic rings. The molecule has 0 atom stereocenters. The summed E-state index contributed by atoms with van der Waals surface area (Å²) in [6.45, 7) is -0.208. The van der Waals surface area contributed by atoms with E-state index < -0.39 is 0 Å². The third-order valence-corrected chi connectivity index (χ3v) is 4.25. The van der Waals surface area contributed by atoms with Crippen molar-refractivity contribution in [3.8, 4) is 0 Å². The number of aliphatic imine (C=N–C) groups is 1. The second-order valence-corrected chi connectivity index (χ2v) is 6.12. The van der Waals surface area contributed by atoms with Crippen LogP contribution in [-0.2, 0) is 11.2 Å². The number of methoxy groups -OCH3 is 1. The zero-order valence-corrected chi connectivity index (χ0v) is 14.5. The summed E-state index contributed by atoms with van der Waals surface area (Å²) in [5.41, 5.74) is 4.85. The minimum absolute atomic E-state index is 0.208. The lowest BCUT2D eigenvalue weighted by atomic mass is 10.1. The average Bonchev–Trinajstić information content (AvgIpc) is 3.35. The normalized spacial score (nSPS) is 15.5. The molecule has 1 aliphatic rings. The van der Waals surface area contributed by atoms with Gasteiger partial charge in [-0.15, -0.1) is 0 Å². The Morgan fingerprint density at radius 3 is 2.80 bits per heavy atom. The van der Waals surface area contributed by atoms with Crippen LogP contribution < -0.4 is 0 Å². The fraction of sp³-hybridized carbons (Fsp3) is 0.350. The molecule has 0 saturated heterocycles. The van der Waals surface area contributed by atoms with Crippen molar-refractivity contribution in [1.29, 1.82) is 0 Å².